The van der Waals surface area contributed by atoms with Gasteiger partial charge in [0.1, 0.15) is 5.82 Å². The van der Waals surface area contributed by atoms with Crippen LogP contribution in [0.3, 0.4) is 0 Å². The van der Waals surface area contributed by atoms with Crippen molar-refractivity contribution in [3.8, 4) is 0 Å². The lowest BCUT2D eigenvalue weighted by Gasteiger charge is -2.08. The maximum Gasteiger partial charge on any atom is 0.243 e. The average Bonchev–Trinajstić information content (AvgIpc) is 2.40. The normalized spacial score (nSPS) is 10.2. The molecular weight excluding hydrogens is 347 g/mol. The molecule has 0 aliphatic rings. The summed E-state index contributed by atoms with van der Waals surface area (Å²) in [6.45, 7) is 0.0353. The van der Waals surface area contributed by atoms with Gasteiger partial charge in [-0.05, 0) is 52.3 Å². The monoisotopic (exact) mass is 356 g/mol. The highest BCUT2D eigenvalue weighted by Gasteiger charge is 2.04. The van der Waals surface area contributed by atoms with Gasteiger partial charge in [0.15, 0.2) is 0 Å². The second kappa shape index (κ2) is 6.72. The molecule has 2 aromatic carbocycles. The third-order valence-corrected chi connectivity index (χ3v) is 3.36. The van der Waals surface area contributed by atoms with E-state index in [4.69, 9.17) is 11.6 Å². The molecular formula is C14H11BrClFN2O. The number of rotatable bonds is 4. The lowest BCUT2D eigenvalue weighted by molar-refractivity contribution is -0.114. The molecule has 2 rings (SSSR count). The fourth-order valence-electron chi connectivity index (χ4n) is 1.56. The Morgan fingerprint density at radius 1 is 1.20 bits per heavy atom. The fraction of sp³-hybridized carbons (Fsp3) is 0.0714. The Morgan fingerprint density at radius 3 is 2.70 bits per heavy atom. The summed E-state index contributed by atoms with van der Waals surface area (Å²) in [7, 11) is 0. The van der Waals surface area contributed by atoms with Crippen molar-refractivity contribution < 1.29 is 9.18 Å². The highest BCUT2D eigenvalue weighted by Crippen LogP contribution is 2.19. The van der Waals surface area contributed by atoms with Crippen LogP contribution in [0.2, 0.25) is 5.02 Å². The van der Waals surface area contributed by atoms with E-state index in [-0.39, 0.29) is 18.3 Å². The van der Waals surface area contributed by atoms with Crippen LogP contribution >= 0.6 is 27.5 Å². The Bertz CT molecular complexity index is 636. The number of anilines is 2. The number of benzene rings is 2. The van der Waals surface area contributed by atoms with Crippen molar-refractivity contribution in [2.24, 2.45) is 0 Å². The maximum atomic E-state index is 13.3. The van der Waals surface area contributed by atoms with Gasteiger partial charge in [-0.15, -0.1) is 0 Å². The third kappa shape index (κ3) is 4.21. The van der Waals surface area contributed by atoms with Gasteiger partial charge in [0.2, 0.25) is 5.91 Å². The van der Waals surface area contributed by atoms with Crippen LogP contribution < -0.4 is 10.6 Å². The van der Waals surface area contributed by atoms with E-state index in [9.17, 15) is 9.18 Å². The molecule has 0 unspecified atom stereocenters. The first-order valence-electron chi connectivity index (χ1n) is 5.79. The lowest BCUT2D eigenvalue weighted by Crippen LogP contribution is -2.21. The van der Waals surface area contributed by atoms with Crippen LogP contribution in [0.4, 0.5) is 15.8 Å². The van der Waals surface area contributed by atoms with Gasteiger partial charge < -0.3 is 10.6 Å². The first-order chi connectivity index (χ1) is 9.54. The summed E-state index contributed by atoms with van der Waals surface area (Å²) < 4.78 is 13.7. The zero-order chi connectivity index (χ0) is 14.5. The third-order valence-electron chi connectivity index (χ3n) is 2.48. The number of carbonyl (C=O) groups excluding carboxylic acids is 1. The van der Waals surface area contributed by atoms with E-state index in [2.05, 4.69) is 26.6 Å². The average molecular weight is 358 g/mol. The molecule has 0 aromatic heterocycles. The van der Waals surface area contributed by atoms with E-state index < -0.39 is 0 Å². The Hall–Kier alpha value is -1.59. The van der Waals surface area contributed by atoms with Crippen LogP contribution in [0.5, 0.6) is 0 Å². The zero-order valence-electron chi connectivity index (χ0n) is 10.3. The summed E-state index contributed by atoms with van der Waals surface area (Å²) in [5, 5.41) is 6.08. The first-order valence-corrected chi connectivity index (χ1v) is 6.96. The quantitative estimate of drug-likeness (QED) is 0.857. The minimum atomic E-state index is -0.384. The minimum absolute atomic E-state index is 0.0353. The molecule has 0 bridgehead atoms. The largest absolute Gasteiger partial charge is 0.376 e. The van der Waals surface area contributed by atoms with Gasteiger partial charge in [-0.1, -0.05) is 17.7 Å². The predicted molar refractivity (Wildman–Crippen MR) is 82.7 cm³/mol. The van der Waals surface area contributed by atoms with Crippen LogP contribution in [-0.2, 0) is 4.79 Å². The van der Waals surface area contributed by atoms with Gasteiger partial charge >= 0.3 is 0 Å². The van der Waals surface area contributed by atoms with Gasteiger partial charge in [0, 0.05) is 16.4 Å². The summed E-state index contributed by atoms with van der Waals surface area (Å²) >= 11 is 8.89. The summed E-state index contributed by atoms with van der Waals surface area (Å²) in [5.74, 6) is -0.624. The van der Waals surface area contributed by atoms with E-state index in [1.54, 1.807) is 36.4 Å². The lowest BCUT2D eigenvalue weighted by atomic mass is 10.3. The summed E-state index contributed by atoms with van der Waals surface area (Å²) in [4.78, 5) is 11.7. The summed E-state index contributed by atoms with van der Waals surface area (Å²) in [5.41, 5.74) is 1.15. The van der Waals surface area contributed by atoms with Gasteiger partial charge in [-0.3, -0.25) is 4.79 Å². The number of hydrogen-bond acceptors (Lipinski definition) is 2. The Morgan fingerprint density at radius 2 is 2.00 bits per heavy atom. The zero-order valence-corrected chi connectivity index (χ0v) is 12.6. The summed E-state index contributed by atoms with van der Waals surface area (Å²) in [6, 6.07) is 11.4. The maximum absolute atomic E-state index is 13.3. The van der Waals surface area contributed by atoms with Crippen molar-refractivity contribution in [3.05, 3.63) is 57.8 Å². The molecule has 0 aliphatic carbocycles. The second-order valence-corrected chi connectivity index (χ2v) is 5.33. The van der Waals surface area contributed by atoms with Crippen molar-refractivity contribution in [1.29, 1.82) is 0 Å². The molecule has 3 nitrogen and oxygen atoms in total. The van der Waals surface area contributed by atoms with Crippen LogP contribution in [0.1, 0.15) is 0 Å². The van der Waals surface area contributed by atoms with Crippen LogP contribution in [-0.4, -0.2) is 12.5 Å². The van der Waals surface area contributed by atoms with Gasteiger partial charge in [0.05, 0.1) is 11.0 Å². The number of carbonyl (C=O) groups is 1. The highest BCUT2D eigenvalue weighted by atomic mass is 79.9. The molecule has 104 valence electrons. The van der Waals surface area contributed by atoms with Crippen molar-refractivity contribution >= 4 is 44.8 Å². The molecule has 0 fully saturated rings. The summed E-state index contributed by atoms with van der Waals surface area (Å²) in [6.07, 6.45) is 0. The van der Waals surface area contributed by atoms with Crippen molar-refractivity contribution in [2.75, 3.05) is 17.2 Å². The minimum Gasteiger partial charge on any atom is -0.376 e. The van der Waals surface area contributed by atoms with E-state index in [0.29, 0.717) is 20.9 Å². The number of amides is 1. The first kappa shape index (κ1) is 14.8. The van der Waals surface area contributed by atoms with E-state index >= 15 is 0 Å². The predicted octanol–water partition coefficient (Wildman–Crippen LogP) is 4.29. The van der Waals surface area contributed by atoms with E-state index in [0.717, 1.165) is 0 Å². The molecule has 0 spiro atoms. The van der Waals surface area contributed by atoms with Gasteiger partial charge in [0.25, 0.3) is 0 Å². The SMILES string of the molecule is O=C(CNc1ccc(Br)c(F)c1)Nc1cccc(Cl)c1. The number of nitrogens with one attached hydrogen (secondary N) is 2. The smallest absolute Gasteiger partial charge is 0.243 e. The molecule has 0 atom stereocenters. The van der Waals surface area contributed by atoms with Crippen LogP contribution in [0.25, 0.3) is 0 Å². The topological polar surface area (TPSA) is 41.1 Å². The van der Waals surface area contributed by atoms with Crippen molar-refractivity contribution in [2.45, 2.75) is 0 Å². The molecule has 20 heavy (non-hydrogen) atoms. The number of halogens is 3. The molecule has 0 saturated heterocycles. The van der Waals surface area contributed by atoms with Gasteiger partial charge in [-0.25, -0.2) is 4.39 Å². The Labute approximate surface area is 129 Å². The van der Waals surface area contributed by atoms with E-state index in [1.165, 1.54) is 6.07 Å². The molecule has 0 saturated carbocycles. The fourth-order valence-corrected chi connectivity index (χ4v) is 2.00. The van der Waals surface area contributed by atoms with Crippen LogP contribution in [0, 0.1) is 5.82 Å². The number of hydrogen-bond donors (Lipinski definition) is 2. The van der Waals surface area contributed by atoms with Crippen molar-refractivity contribution in [3.63, 3.8) is 0 Å². The standard InChI is InChI=1S/C14H11BrClFN2O/c15-12-5-4-10(7-13(12)17)18-8-14(20)19-11-3-1-2-9(16)6-11/h1-7,18H,8H2,(H,19,20). The molecule has 1 amide bonds. The Kier molecular flexibility index (Phi) is 4.98. The molecule has 6 heteroatoms. The van der Waals surface area contributed by atoms with Gasteiger partial charge in [-0.2, -0.15) is 0 Å². The van der Waals surface area contributed by atoms with E-state index in [1.807, 2.05) is 0 Å². The molecule has 0 heterocycles. The van der Waals surface area contributed by atoms with Crippen molar-refractivity contribution in [1.82, 2.24) is 0 Å². The molecule has 2 N–H and O–H groups in total. The highest BCUT2D eigenvalue weighted by molar-refractivity contribution is 9.10. The molecule has 0 radical (unpaired) electrons. The van der Waals surface area contributed by atoms with Crippen LogP contribution in [0.15, 0.2) is 46.9 Å². The second-order valence-electron chi connectivity index (χ2n) is 4.04. The molecule has 0 aliphatic heterocycles. The Balaban J connectivity index is 1.90. The molecule has 2 aromatic rings.